The third-order valence-electron chi connectivity index (χ3n) is 3.25. The number of rotatable bonds is 5. The summed E-state index contributed by atoms with van der Waals surface area (Å²) in [5, 5.41) is 5.41. The highest BCUT2D eigenvalue weighted by Gasteiger charge is 2.19. The van der Waals surface area contributed by atoms with Gasteiger partial charge in [-0.15, -0.1) is 0 Å². The van der Waals surface area contributed by atoms with Crippen LogP contribution in [0.5, 0.6) is 0 Å². The third-order valence-corrected chi connectivity index (χ3v) is 4.73. The maximum absolute atomic E-state index is 12.5. The van der Waals surface area contributed by atoms with E-state index in [-0.39, 0.29) is 12.2 Å². The van der Waals surface area contributed by atoms with E-state index in [0.717, 1.165) is 22.3 Å². The molecule has 0 spiro atoms. The van der Waals surface area contributed by atoms with Gasteiger partial charge in [0.25, 0.3) is 0 Å². The molecule has 0 atom stereocenters. The molecule has 0 aliphatic heterocycles. The monoisotopic (exact) mass is 388 g/mol. The Morgan fingerprint density at radius 1 is 1.33 bits per heavy atom. The maximum Gasteiger partial charge on any atom is 0.170 e. The fourth-order valence-electron chi connectivity index (χ4n) is 2.14. The summed E-state index contributed by atoms with van der Waals surface area (Å²) in [6, 6.07) is 4.91. The van der Waals surface area contributed by atoms with Crippen molar-refractivity contribution in [3.05, 3.63) is 49.7 Å². The van der Waals surface area contributed by atoms with Gasteiger partial charge in [-0.1, -0.05) is 30.1 Å². The van der Waals surface area contributed by atoms with Gasteiger partial charge in [0.1, 0.15) is 0 Å². The van der Waals surface area contributed by atoms with Crippen LogP contribution in [0.1, 0.15) is 35.6 Å². The Hall–Kier alpha value is -0.840. The number of aryl methyl sites for hydroxylation is 2. The smallest absolute Gasteiger partial charge is 0.170 e. The fourth-order valence-corrected chi connectivity index (χ4v) is 3.24. The topological polar surface area (TPSA) is 34.9 Å². The van der Waals surface area contributed by atoms with Crippen molar-refractivity contribution < 1.29 is 4.79 Å². The molecule has 2 aromatic rings. The molecule has 0 radical (unpaired) electrons. The molecular weight excluding hydrogens is 375 g/mol. The van der Waals surface area contributed by atoms with E-state index in [0.29, 0.717) is 22.2 Å². The summed E-state index contributed by atoms with van der Waals surface area (Å²) in [6.45, 7) is 4.75. The van der Waals surface area contributed by atoms with E-state index in [1.807, 2.05) is 18.5 Å². The molecular formula is C15H15BrCl2N2O. The van der Waals surface area contributed by atoms with Gasteiger partial charge in [0.05, 0.1) is 27.3 Å². The summed E-state index contributed by atoms with van der Waals surface area (Å²) in [5.74, 6) is -0.0690. The normalized spacial score (nSPS) is 10.9. The number of halogens is 3. The van der Waals surface area contributed by atoms with E-state index in [2.05, 4.69) is 21.0 Å². The van der Waals surface area contributed by atoms with Gasteiger partial charge in [0.2, 0.25) is 0 Å². The molecule has 1 aromatic heterocycles. The molecule has 0 aliphatic rings. The summed E-state index contributed by atoms with van der Waals surface area (Å²) < 4.78 is 2.75. The van der Waals surface area contributed by atoms with Gasteiger partial charge in [-0.05, 0) is 47.5 Å². The Morgan fingerprint density at radius 3 is 2.67 bits per heavy atom. The van der Waals surface area contributed by atoms with Crippen molar-refractivity contribution >= 4 is 44.9 Å². The Balaban J connectivity index is 2.35. The summed E-state index contributed by atoms with van der Waals surface area (Å²) in [7, 11) is 0. The van der Waals surface area contributed by atoms with Crippen LogP contribution in [0, 0.1) is 0 Å². The molecule has 6 heteroatoms. The molecule has 0 fully saturated rings. The van der Waals surface area contributed by atoms with E-state index >= 15 is 0 Å². The minimum absolute atomic E-state index is 0.0690. The first-order valence-corrected chi connectivity index (χ1v) is 8.25. The van der Waals surface area contributed by atoms with E-state index in [4.69, 9.17) is 23.2 Å². The van der Waals surface area contributed by atoms with Crippen molar-refractivity contribution in [3.8, 4) is 0 Å². The van der Waals surface area contributed by atoms with Crippen molar-refractivity contribution in [2.24, 2.45) is 0 Å². The molecule has 112 valence electrons. The van der Waals surface area contributed by atoms with Crippen LogP contribution in [-0.2, 0) is 19.4 Å². The van der Waals surface area contributed by atoms with E-state index in [1.165, 1.54) is 0 Å². The lowest BCUT2D eigenvalue weighted by atomic mass is 10.1. The Bertz CT molecular complexity index is 683. The molecule has 1 heterocycles. The lowest BCUT2D eigenvalue weighted by Gasteiger charge is -2.07. The number of nitrogens with zero attached hydrogens (tertiary/aromatic N) is 2. The van der Waals surface area contributed by atoms with Crippen molar-refractivity contribution in [1.82, 2.24) is 9.78 Å². The molecule has 2 rings (SSSR count). The van der Waals surface area contributed by atoms with Gasteiger partial charge < -0.3 is 0 Å². The van der Waals surface area contributed by atoms with Crippen LogP contribution in [0.3, 0.4) is 0 Å². The lowest BCUT2D eigenvalue weighted by Crippen LogP contribution is -2.10. The van der Waals surface area contributed by atoms with Crippen LogP contribution in [0.15, 0.2) is 22.7 Å². The average Bonchev–Trinajstić information content (AvgIpc) is 2.77. The van der Waals surface area contributed by atoms with Crippen LogP contribution < -0.4 is 0 Å². The SMILES string of the molecule is CCc1nn(CC)c(CC(=O)c2cc(Cl)ccc2Cl)c1Br. The lowest BCUT2D eigenvalue weighted by molar-refractivity contribution is 0.0990. The van der Waals surface area contributed by atoms with Crippen molar-refractivity contribution in [2.75, 3.05) is 0 Å². The van der Waals surface area contributed by atoms with Gasteiger partial charge in [0.15, 0.2) is 5.78 Å². The zero-order valence-corrected chi connectivity index (χ0v) is 14.9. The first-order chi connectivity index (χ1) is 9.97. The Morgan fingerprint density at radius 2 is 2.05 bits per heavy atom. The van der Waals surface area contributed by atoms with Crippen molar-refractivity contribution in [2.45, 2.75) is 33.2 Å². The van der Waals surface area contributed by atoms with Crippen molar-refractivity contribution in [3.63, 3.8) is 0 Å². The minimum atomic E-state index is -0.0690. The third kappa shape index (κ3) is 3.50. The first kappa shape index (κ1) is 16.5. The number of benzene rings is 1. The Labute approximate surface area is 142 Å². The fraction of sp³-hybridized carbons (Fsp3) is 0.333. The van der Waals surface area contributed by atoms with Crippen LogP contribution in [0.4, 0.5) is 0 Å². The zero-order chi connectivity index (χ0) is 15.6. The number of ketones is 1. The van der Waals surface area contributed by atoms with Crippen LogP contribution in [0.2, 0.25) is 10.0 Å². The molecule has 0 aliphatic carbocycles. The van der Waals surface area contributed by atoms with Gasteiger partial charge in [-0.2, -0.15) is 5.10 Å². The second kappa shape index (κ2) is 6.95. The number of carbonyl (C=O) groups is 1. The Kier molecular flexibility index (Phi) is 5.47. The van der Waals surface area contributed by atoms with Gasteiger partial charge in [-0.3, -0.25) is 9.48 Å². The molecule has 0 N–H and O–H groups in total. The summed E-state index contributed by atoms with van der Waals surface area (Å²) >= 11 is 15.6. The molecule has 1 aromatic carbocycles. The standard InChI is InChI=1S/C15H15BrCl2N2O/c1-3-12-15(16)13(20(4-2)19-12)8-14(21)10-7-9(17)5-6-11(10)18/h5-7H,3-4,8H2,1-2H3. The number of hydrogen-bond donors (Lipinski definition) is 0. The van der Waals surface area contributed by atoms with Crippen molar-refractivity contribution in [1.29, 1.82) is 0 Å². The van der Waals surface area contributed by atoms with E-state index in [1.54, 1.807) is 18.2 Å². The molecule has 0 bridgehead atoms. The highest BCUT2D eigenvalue weighted by atomic mass is 79.9. The van der Waals surface area contributed by atoms with Gasteiger partial charge in [-0.25, -0.2) is 0 Å². The molecule has 0 unspecified atom stereocenters. The first-order valence-electron chi connectivity index (χ1n) is 6.70. The highest BCUT2D eigenvalue weighted by Crippen LogP contribution is 2.26. The summed E-state index contributed by atoms with van der Waals surface area (Å²) in [4.78, 5) is 12.5. The molecule has 21 heavy (non-hydrogen) atoms. The predicted molar refractivity (Wildman–Crippen MR) is 89.5 cm³/mol. The maximum atomic E-state index is 12.5. The minimum Gasteiger partial charge on any atom is -0.294 e. The van der Waals surface area contributed by atoms with Crippen LogP contribution >= 0.6 is 39.1 Å². The molecule has 0 saturated carbocycles. The summed E-state index contributed by atoms with van der Waals surface area (Å²) in [5.41, 5.74) is 2.27. The molecule has 0 amide bonds. The number of carbonyl (C=O) groups excluding carboxylic acids is 1. The number of Topliss-reactive ketones (excluding diaryl/α,β-unsaturated/α-hetero) is 1. The van der Waals surface area contributed by atoms with E-state index in [9.17, 15) is 4.79 Å². The second-order valence-electron chi connectivity index (χ2n) is 4.60. The molecule has 0 saturated heterocycles. The predicted octanol–water partition coefficient (Wildman–Crippen LogP) is 4.96. The zero-order valence-electron chi connectivity index (χ0n) is 11.8. The van der Waals surface area contributed by atoms with Gasteiger partial charge in [0, 0.05) is 17.1 Å². The quantitative estimate of drug-likeness (QED) is 0.677. The number of hydrogen-bond acceptors (Lipinski definition) is 2. The second-order valence-corrected chi connectivity index (χ2v) is 6.24. The average molecular weight is 390 g/mol. The number of aromatic nitrogens is 2. The van der Waals surface area contributed by atoms with E-state index < -0.39 is 0 Å². The van der Waals surface area contributed by atoms with Gasteiger partial charge >= 0.3 is 0 Å². The van der Waals surface area contributed by atoms with Crippen LogP contribution in [0.25, 0.3) is 0 Å². The largest absolute Gasteiger partial charge is 0.294 e. The molecule has 3 nitrogen and oxygen atoms in total. The van der Waals surface area contributed by atoms with Crippen LogP contribution in [-0.4, -0.2) is 15.6 Å². The highest BCUT2D eigenvalue weighted by molar-refractivity contribution is 9.10. The summed E-state index contributed by atoms with van der Waals surface area (Å²) in [6.07, 6.45) is 1.05.